The number of hydrogen-bond acceptors (Lipinski definition) is 4. The summed E-state index contributed by atoms with van der Waals surface area (Å²) in [4.78, 5) is 37.1. The average molecular weight is 465 g/mol. The number of amides is 2. The summed E-state index contributed by atoms with van der Waals surface area (Å²) < 4.78 is 5.58. The maximum atomic E-state index is 12.8. The van der Waals surface area contributed by atoms with Gasteiger partial charge in [0, 0.05) is 5.92 Å². The molecule has 0 aromatic heterocycles. The Kier molecular flexibility index (Phi) is 7.50. The molecule has 2 aliphatic rings. The van der Waals surface area contributed by atoms with Gasteiger partial charge in [-0.25, -0.2) is 9.59 Å². The third-order valence-corrected chi connectivity index (χ3v) is 6.68. The lowest BCUT2D eigenvalue weighted by Crippen LogP contribution is -2.51. The van der Waals surface area contributed by atoms with Gasteiger partial charge in [-0.3, -0.25) is 4.79 Å². The molecule has 2 aromatic carbocycles. The minimum atomic E-state index is -1.05. The van der Waals surface area contributed by atoms with Crippen molar-refractivity contribution < 1.29 is 24.2 Å². The van der Waals surface area contributed by atoms with Gasteiger partial charge in [0.1, 0.15) is 18.7 Å². The zero-order chi connectivity index (χ0) is 24.1. The third-order valence-electron chi connectivity index (χ3n) is 6.68. The summed E-state index contributed by atoms with van der Waals surface area (Å²) >= 11 is 0. The first kappa shape index (κ1) is 23.8. The Bertz CT molecular complexity index is 1000. The van der Waals surface area contributed by atoms with Crippen molar-refractivity contribution in [2.75, 3.05) is 6.61 Å². The SMILES string of the molecule is CCCCC(NC(=O)OCC1c2ccccc2-c2ccccc21)C(=O)NC(CC1CC1)C(=O)O. The number of hydrogen-bond donors (Lipinski definition) is 3. The van der Waals surface area contributed by atoms with Gasteiger partial charge in [0.25, 0.3) is 0 Å². The van der Waals surface area contributed by atoms with Crippen LogP contribution in [-0.4, -0.2) is 41.8 Å². The van der Waals surface area contributed by atoms with Gasteiger partial charge in [-0.1, -0.05) is 81.1 Å². The van der Waals surface area contributed by atoms with Crippen LogP contribution >= 0.6 is 0 Å². The van der Waals surface area contributed by atoms with Crippen molar-refractivity contribution in [3.05, 3.63) is 59.7 Å². The van der Waals surface area contributed by atoms with Crippen LogP contribution in [0.3, 0.4) is 0 Å². The first-order valence-electron chi connectivity index (χ1n) is 12.1. The number of ether oxygens (including phenoxy) is 1. The second-order valence-corrected chi connectivity index (χ2v) is 9.24. The van der Waals surface area contributed by atoms with Crippen LogP contribution in [0.4, 0.5) is 4.79 Å². The maximum absolute atomic E-state index is 12.8. The molecule has 1 saturated carbocycles. The topological polar surface area (TPSA) is 105 Å². The van der Waals surface area contributed by atoms with Crippen molar-refractivity contribution in [1.29, 1.82) is 0 Å². The molecule has 0 spiro atoms. The van der Waals surface area contributed by atoms with E-state index in [9.17, 15) is 19.5 Å². The van der Waals surface area contributed by atoms with Gasteiger partial charge in [-0.2, -0.15) is 0 Å². The van der Waals surface area contributed by atoms with Crippen molar-refractivity contribution in [1.82, 2.24) is 10.6 Å². The molecule has 2 aromatic rings. The molecule has 34 heavy (non-hydrogen) atoms. The second kappa shape index (κ2) is 10.7. The maximum Gasteiger partial charge on any atom is 0.407 e. The highest BCUT2D eigenvalue weighted by atomic mass is 16.5. The van der Waals surface area contributed by atoms with E-state index in [0.29, 0.717) is 18.8 Å². The number of nitrogens with one attached hydrogen (secondary N) is 2. The average Bonchev–Trinajstić information content (AvgIpc) is 3.60. The van der Waals surface area contributed by atoms with Crippen LogP contribution in [-0.2, 0) is 14.3 Å². The van der Waals surface area contributed by atoms with Gasteiger partial charge in [-0.15, -0.1) is 0 Å². The van der Waals surface area contributed by atoms with E-state index < -0.39 is 30.1 Å². The van der Waals surface area contributed by atoms with Crippen molar-refractivity contribution >= 4 is 18.0 Å². The summed E-state index contributed by atoms with van der Waals surface area (Å²) in [5, 5.41) is 14.8. The summed E-state index contributed by atoms with van der Waals surface area (Å²) in [6.45, 7) is 2.15. The van der Waals surface area contributed by atoms with Crippen LogP contribution < -0.4 is 10.6 Å². The monoisotopic (exact) mass is 464 g/mol. The summed E-state index contributed by atoms with van der Waals surface area (Å²) in [6, 6.07) is 14.4. The Balaban J connectivity index is 1.38. The van der Waals surface area contributed by atoms with Crippen molar-refractivity contribution in [2.45, 2.75) is 63.5 Å². The number of rotatable bonds is 11. The molecule has 7 heteroatoms. The number of carbonyl (C=O) groups is 3. The number of carbonyl (C=O) groups excluding carboxylic acids is 2. The van der Waals surface area contributed by atoms with Gasteiger partial charge in [0.05, 0.1) is 0 Å². The normalized spacial score (nSPS) is 16.1. The van der Waals surface area contributed by atoms with Crippen molar-refractivity contribution in [2.24, 2.45) is 5.92 Å². The number of fused-ring (bicyclic) bond motifs is 3. The van der Waals surface area contributed by atoms with Crippen LogP contribution in [0.15, 0.2) is 48.5 Å². The number of unbranched alkanes of at least 4 members (excludes halogenated alkanes) is 1. The number of aliphatic carboxylic acids is 1. The standard InChI is InChI=1S/C27H32N2O5/c1-2-3-12-23(25(30)28-24(26(31)32)15-17-13-14-17)29-27(33)34-16-22-20-10-6-4-8-18(20)19-9-5-7-11-21(19)22/h4-11,17,22-24H,2-3,12-16H2,1H3,(H,28,30)(H,29,33)(H,31,32). The fraction of sp³-hybridized carbons (Fsp3) is 0.444. The Morgan fingerprint density at radius 1 is 0.971 bits per heavy atom. The molecule has 2 amide bonds. The van der Waals surface area contributed by atoms with Gasteiger partial charge in [-0.05, 0) is 41.0 Å². The molecule has 0 heterocycles. The zero-order valence-corrected chi connectivity index (χ0v) is 19.5. The lowest BCUT2D eigenvalue weighted by atomic mass is 9.98. The highest BCUT2D eigenvalue weighted by molar-refractivity contribution is 5.89. The zero-order valence-electron chi connectivity index (χ0n) is 19.5. The lowest BCUT2D eigenvalue weighted by molar-refractivity contribution is -0.142. The molecule has 4 rings (SSSR count). The highest BCUT2D eigenvalue weighted by Crippen LogP contribution is 2.44. The number of benzene rings is 2. The van der Waals surface area contributed by atoms with E-state index >= 15 is 0 Å². The molecule has 0 aliphatic heterocycles. The van der Waals surface area contributed by atoms with E-state index in [1.165, 1.54) is 0 Å². The Morgan fingerprint density at radius 3 is 2.15 bits per heavy atom. The highest BCUT2D eigenvalue weighted by Gasteiger charge is 2.33. The predicted molar refractivity (Wildman–Crippen MR) is 128 cm³/mol. The summed E-state index contributed by atoms with van der Waals surface area (Å²) in [5.74, 6) is -1.24. The first-order chi connectivity index (χ1) is 16.5. The van der Waals surface area contributed by atoms with E-state index in [2.05, 4.69) is 22.8 Å². The Hall–Kier alpha value is -3.35. The fourth-order valence-electron chi connectivity index (χ4n) is 4.64. The van der Waals surface area contributed by atoms with Gasteiger partial charge >= 0.3 is 12.1 Å². The van der Waals surface area contributed by atoms with E-state index in [1.54, 1.807) is 0 Å². The molecular weight excluding hydrogens is 432 g/mol. The van der Waals surface area contributed by atoms with Crippen LogP contribution in [0.5, 0.6) is 0 Å². The molecule has 1 fully saturated rings. The molecule has 0 radical (unpaired) electrons. The van der Waals surface area contributed by atoms with E-state index in [4.69, 9.17) is 4.74 Å². The minimum absolute atomic E-state index is 0.0731. The second-order valence-electron chi connectivity index (χ2n) is 9.24. The van der Waals surface area contributed by atoms with E-state index in [-0.39, 0.29) is 12.5 Å². The van der Waals surface area contributed by atoms with Crippen LogP contribution in [0.25, 0.3) is 11.1 Å². The van der Waals surface area contributed by atoms with Crippen LogP contribution in [0, 0.1) is 5.92 Å². The smallest absolute Gasteiger partial charge is 0.407 e. The molecule has 180 valence electrons. The summed E-state index contributed by atoms with van der Waals surface area (Å²) in [7, 11) is 0. The molecule has 0 saturated heterocycles. The Morgan fingerprint density at radius 2 is 1.59 bits per heavy atom. The molecule has 7 nitrogen and oxygen atoms in total. The minimum Gasteiger partial charge on any atom is -0.480 e. The number of carboxylic acids is 1. The molecular formula is C27H32N2O5. The predicted octanol–water partition coefficient (Wildman–Crippen LogP) is 4.45. The first-order valence-corrected chi connectivity index (χ1v) is 12.1. The van der Waals surface area contributed by atoms with Crippen molar-refractivity contribution in [3.63, 3.8) is 0 Å². The van der Waals surface area contributed by atoms with Gasteiger partial charge in [0.2, 0.25) is 5.91 Å². The fourth-order valence-corrected chi connectivity index (χ4v) is 4.64. The molecule has 3 N–H and O–H groups in total. The van der Waals surface area contributed by atoms with Gasteiger partial charge < -0.3 is 20.5 Å². The van der Waals surface area contributed by atoms with Crippen LogP contribution in [0.1, 0.15) is 62.5 Å². The van der Waals surface area contributed by atoms with Crippen LogP contribution in [0.2, 0.25) is 0 Å². The third kappa shape index (κ3) is 5.58. The van der Waals surface area contributed by atoms with E-state index in [1.807, 2.05) is 43.3 Å². The molecule has 2 aliphatic carbocycles. The molecule has 0 bridgehead atoms. The lowest BCUT2D eigenvalue weighted by Gasteiger charge is -2.22. The van der Waals surface area contributed by atoms with Gasteiger partial charge in [0.15, 0.2) is 0 Å². The molecule has 2 atom stereocenters. The summed E-state index contributed by atoms with van der Waals surface area (Å²) in [6.07, 6.45) is 3.73. The Labute approximate surface area is 199 Å². The molecule has 2 unspecified atom stereocenters. The number of carboxylic acid groups (broad SMARTS) is 1. The van der Waals surface area contributed by atoms with Crippen molar-refractivity contribution in [3.8, 4) is 11.1 Å². The van der Waals surface area contributed by atoms with E-state index in [0.717, 1.165) is 47.9 Å². The largest absolute Gasteiger partial charge is 0.480 e. The number of alkyl carbamates (subject to hydrolysis) is 1. The summed E-state index contributed by atoms with van der Waals surface area (Å²) in [5.41, 5.74) is 4.51. The quantitative estimate of drug-likeness (QED) is 0.456.